The number of rotatable bonds is 0. The van der Waals surface area contributed by atoms with Crippen molar-refractivity contribution in [3.63, 3.8) is 0 Å². The lowest BCUT2D eigenvalue weighted by Gasteiger charge is -2.20. The van der Waals surface area contributed by atoms with E-state index >= 15 is 0 Å². The highest BCUT2D eigenvalue weighted by molar-refractivity contribution is 5.07. The zero-order valence-electron chi connectivity index (χ0n) is 11.2. The normalized spacial score (nSPS) is 36.9. The second-order valence-corrected chi connectivity index (χ2v) is 5.96. The average Bonchev–Trinajstić information content (AvgIpc) is 2.23. The molecule has 0 heterocycles. The monoisotopic (exact) mass is 222 g/mol. The Morgan fingerprint density at radius 2 is 2.06 bits per heavy atom. The number of aliphatic hydroxyl groups excluding tert-OH is 1. The van der Waals surface area contributed by atoms with Gasteiger partial charge in [0.2, 0.25) is 0 Å². The Balaban J connectivity index is 2.79. The number of hydrogen-bond acceptors (Lipinski definition) is 1. The highest BCUT2D eigenvalue weighted by Gasteiger charge is 2.16. The van der Waals surface area contributed by atoms with Crippen LogP contribution in [0, 0.1) is 11.3 Å². The second kappa shape index (κ2) is 5.67. The van der Waals surface area contributed by atoms with E-state index in [2.05, 4.69) is 39.8 Å². The van der Waals surface area contributed by atoms with Gasteiger partial charge < -0.3 is 5.11 Å². The van der Waals surface area contributed by atoms with Crippen molar-refractivity contribution in [1.82, 2.24) is 0 Å². The van der Waals surface area contributed by atoms with E-state index in [1.807, 2.05) is 6.08 Å². The summed E-state index contributed by atoms with van der Waals surface area (Å²) in [5, 5.41) is 9.99. The molecule has 0 fully saturated rings. The summed E-state index contributed by atoms with van der Waals surface area (Å²) in [6.07, 6.45) is 10.8. The first-order valence-electron chi connectivity index (χ1n) is 6.44. The van der Waals surface area contributed by atoms with Crippen molar-refractivity contribution in [3.8, 4) is 0 Å². The van der Waals surface area contributed by atoms with Gasteiger partial charge in [0.1, 0.15) is 0 Å². The lowest BCUT2D eigenvalue weighted by Crippen LogP contribution is -2.16. The molecule has 0 aliphatic heterocycles. The molecule has 1 N–H and O–H groups in total. The standard InChI is InChI=1S/C15H26O/c1-12-6-5-7-13(2)14(16)9-11-15(3,4)10-8-12/h8-9,11,13-14,16H,5-7,10H2,1-4H3/b11-9+,12-8+. The van der Waals surface area contributed by atoms with Gasteiger partial charge in [0.25, 0.3) is 0 Å². The van der Waals surface area contributed by atoms with E-state index in [0.717, 1.165) is 12.8 Å². The van der Waals surface area contributed by atoms with Crippen molar-refractivity contribution in [2.24, 2.45) is 11.3 Å². The molecule has 0 radical (unpaired) electrons. The number of hydrogen-bond donors (Lipinski definition) is 1. The first-order chi connectivity index (χ1) is 7.41. The molecule has 1 rings (SSSR count). The maximum atomic E-state index is 9.99. The van der Waals surface area contributed by atoms with Crippen LogP contribution in [0.25, 0.3) is 0 Å². The molecule has 2 unspecified atom stereocenters. The van der Waals surface area contributed by atoms with Crippen LogP contribution in [0.15, 0.2) is 23.8 Å². The Bertz CT molecular complexity index is 273. The molecule has 16 heavy (non-hydrogen) atoms. The van der Waals surface area contributed by atoms with Gasteiger partial charge in [-0.2, -0.15) is 0 Å². The first kappa shape index (κ1) is 13.5. The molecule has 1 aliphatic rings. The van der Waals surface area contributed by atoms with Gasteiger partial charge in [-0.05, 0) is 43.9 Å². The van der Waals surface area contributed by atoms with Gasteiger partial charge >= 0.3 is 0 Å². The number of allylic oxidation sites excluding steroid dienone is 3. The zero-order valence-corrected chi connectivity index (χ0v) is 11.2. The largest absolute Gasteiger partial charge is 0.389 e. The third kappa shape index (κ3) is 4.52. The summed E-state index contributed by atoms with van der Waals surface area (Å²) >= 11 is 0. The molecule has 0 amide bonds. The van der Waals surface area contributed by atoms with Gasteiger partial charge in [-0.25, -0.2) is 0 Å². The molecule has 0 aromatic rings. The zero-order chi connectivity index (χ0) is 12.2. The summed E-state index contributed by atoms with van der Waals surface area (Å²) < 4.78 is 0. The lowest BCUT2D eigenvalue weighted by molar-refractivity contribution is 0.154. The topological polar surface area (TPSA) is 20.2 Å². The van der Waals surface area contributed by atoms with Crippen LogP contribution in [0.5, 0.6) is 0 Å². The minimum atomic E-state index is -0.280. The smallest absolute Gasteiger partial charge is 0.0746 e. The molecule has 1 nitrogen and oxygen atoms in total. The predicted octanol–water partition coefficient (Wildman–Crippen LogP) is 4.09. The van der Waals surface area contributed by atoms with E-state index in [1.54, 1.807) is 0 Å². The van der Waals surface area contributed by atoms with Crippen molar-refractivity contribution in [2.75, 3.05) is 0 Å². The van der Waals surface area contributed by atoms with Crippen LogP contribution < -0.4 is 0 Å². The third-order valence-corrected chi connectivity index (χ3v) is 3.53. The summed E-state index contributed by atoms with van der Waals surface area (Å²) in [6, 6.07) is 0. The van der Waals surface area contributed by atoms with Crippen LogP contribution in [0.3, 0.4) is 0 Å². The highest BCUT2D eigenvalue weighted by Crippen LogP contribution is 2.27. The Labute approximate surface area is 100 Å². The van der Waals surface area contributed by atoms with Crippen LogP contribution in [-0.2, 0) is 0 Å². The molecule has 92 valence electrons. The van der Waals surface area contributed by atoms with E-state index in [1.165, 1.54) is 18.4 Å². The van der Waals surface area contributed by atoms with E-state index in [4.69, 9.17) is 0 Å². The average molecular weight is 222 g/mol. The minimum Gasteiger partial charge on any atom is -0.389 e. The molecule has 2 atom stereocenters. The summed E-state index contributed by atoms with van der Waals surface area (Å²) in [5.74, 6) is 0.373. The Morgan fingerprint density at radius 1 is 1.38 bits per heavy atom. The fourth-order valence-electron chi connectivity index (χ4n) is 2.03. The van der Waals surface area contributed by atoms with E-state index < -0.39 is 0 Å². The van der Waals surface area contributed by atoms with Crippen LogP contribution in [0.2, 0.25) is 0 Å². The fourth-order valence-corrected chi connectivity index (χ4v) is 2.03. The molecule has 0 saturated carbocycles. The third-order valence-electron chi connectivity index (χ3n) is 3.53. The molecule has 1 heteroatoms. The van der Waals surface area contributed by atoms with Crippen LogP contribution in [-0.4, -0.2) is 11.2 Å². The molecular formula is C15H26O. The first-order valence-corrected chi connectivity index (χ1v) is 6.44. The molecule has 1 aliphatic carbocycles. The Hall–Kier alpha value is -0.560. The summed E-state index contributed by atoms with van der Waals surface area (Å²) in [4.78, 5) is 0. The highest BCUT2D eigenvalue weighted by atomic mass is 16.3. The molecule has 0 saturated heterocycles. The Kier molecular flexibility index (Phi) is 4.79. The van der Waals surface area contributed by atoms with Crippen molar-refractivity contribution in [1.29, 1.82) is 0 Å². The van der Waals surface area contributed by atoms with Crippen molar-refractivity contribution >= 4 is 0 Å². The van der Waals surface area contributed by atoms with Crippen LogP contribution in [0.1, 0.15) is 53.4 Å². The van der Waals surface area contributed by atoms with Crippen molar-refractivity contribution in [2.45, 2.75) is 59.5 Å². The minimum absolute atomic E-state index is 0.159. The van der Waals surface area contributed by atoms with Gasteiger partial charge in [0, 0.05) is 0 Å². The van der Waals surface area contributed by atoms with Gasteiger partial charge in [-0.3, -0.25) is 0 Å². The number of aliphatic hydroxyl groups is 1. The Morgan fingerprint density at radius 3 is 2.75 bits per heavy atom. The summed E-state index contributed by atoms with van der Waals surface area (Å²) in [5.41, 5.74) is 1.65. The quantitative estimate of drug-likeness (QED) is 0.612. The molecule has 0 spiro atoms. The molecule has 0 aromatic carbocycles. The molecular weight excluding hydrogens is 196 g/mol. The second-order valence-electron chi connectivity index (χ2n) is 5.96. The van der Waals surface area contributed by atoms with Crippen molar-refractivity contribution < 1.29 is 5.11 Å². The molecule has 0 aromatic heterocycles. The van der Waals surface area contributed by atoms with Crippen LogP contribution >= 0.6 is 0 Å². The lowest BCUT2D eigenvalue weighted by atomic mass is 9.87. The predicted molar refractivity (Wildman–Crippen MR) is 70.3 cm³/mol. The SMILES string of the molecule is C/C1=C\CC(C)(C)/C=C/C(O)C(C)CCC1. The van der Waals surface area contributed by atoms with Gasteiger partial charge in [0.15, 0.2) is 0 Å². The van der Waals surface area contributed by atoms with Crippen molar-refractivity contribution in [3.05, 3.63) is 23.8 Å². The van der Waals surface area contributed by atoms with E-state index in [-0.39, 0.29) is 11.5 Å². The van der Waals surface area contributed by atoms with Crippen LogP contribution in [0.4, 0.5) is 0 Å². The summed E-state index contributed by atoms with van der Waals surface area (Å²) in [7, 11) is 0. The fraction of sp³-hybridized carbons (Fsp3) is 0.733. The van der Waals surface area contributed by atoms with Gasteiger partial charge in [0.05, 0.1) is 6.10 Å². The van der Waals surface area contributed by atoms with Gasteiger partial charge in [-0.1, -0.05) is 44.6 Å². The van der Waals surface area contributed by atoms with E-state index in [0.29, 0.717) is 5.92 Å². The van der Waals surface area contributed by atoms with E-state index in [9.17, 15) is 5.11 Å². The maximum absolute atomic E-state index is 9.99. The maximum Gasteiger partial charge on any atom is 0.0746 e. The molecule has 0 bridgehead atoms. The van der Waals surface area contributed by atoms with Gasteiger partial charge in [-0.15, -0.1) is 0 Å². The summed E-state index contributed by atoms with van der Waals surface area (Å²) in [6.45, 7) is 8.81.